The minimum atomic E-state index is -4.65. The topological polar surface area (TPSA) is 89.0 Å². The van der Waals surface area contributed by atoms with Crippen molar-refractivity contribution in [1.82, 2.24) is 5.32 Å². The Morgan fingerprint density at radius 3 is 2.69 bits per heavy atom. The van der Waals surface area contributed by atoms with Crippen molar-refractivity contribution in [2.45, 2.75) is 17.8 Å². The highest BCUT2D eigenvalue weighted by Gasteiger charge is 2.34. The van der Waals surface area contributed by atoms with Crippen molar-refractivity contribution in [1.29, 1.82) is 0 Å². The van der Waals surface area contributed by atoms with Crippen molar-refractivity contribution in [3.05, 3.63) is 47.0 Å². The number of amides is 2. The predicted octanol–water partition coefficient (Wildman–Crippen LogP) is 4.38. The molecule has 0 aromatic heterocycles. The molecule has 2 aliphatic rings. The van der Waals surface area contributed by atoms with Crippen molar-refractivity contribution in [3.63, 3.8) is 0 Å². The summed E-state index contributed by atoms with van der Waals surface area (Å²) in [5.41, 5.74) is -0.595. The van der Waals surface area contributed by atoms with E-state index in [1.54, 1.807) is 18.2 Å². The number of hydrogen-bond acceptors (Lipinski definition) is 6. The Bertz CT molecular complexity index is 1110. The number of hydrogen-bond donors (Lipinski definition) is 2. The fourth-order valence-corrected chi connectivity index (χ4v) is 4.22. The van der Waals surface area contributed by atoms with Crippen LogP contribution in [-0.2, 0) is 15.8 Å². The van der Waals surface area contributed by atoms with Gasteiger partial charge in [-0.05, 0) is 30.3 Å². The molecule has 0 spiro atoms. The first-order chi connectivity index (χ1) is 15.2. The second kappa shape index (κ2) is 8.91. The lowest BCUT2D eigenvalue weighted by atomic mass is 10.2. The third kappa shape index (κ3) is 5.10. The number of amidine groups is 1. The lowest BCUT2D eigenvalue weighted by Crippen LogP contribution is -2.28. The molecular weight excluding hydrogens is 471 g/mol. The molecule has 2 amide bonds. The van der Waals surface area contributed by atoms with Gasteiger partial charge < -0.3 is 20.1 Å². The van der Waals surface area contributed by atoms with Crippen LogP contribution in [0, 0.1) is 0 Å². The Morgan fingerprint density at radius 1 is 1.19 bits per heavy atom. The van der Waals surface area contributed by atoms with E-state index in [0.29, 0.717) is 35.6 Å². The summed E-state index contributed by atoms with van der Waals surface area (Å²) in [6, 6.07) is 8.14. The van der Waals surface area contributed by atoms with Crippen LogP contribution in [0.1, 0.15) is 12.0 Å². The average molecular weight is 486 g/mol. The smallest absolute Gasteiger partial charge is 0.417 e. The number of rotatable bonds is 4. The van der Waals surface area contributed by atoms with E-state index in [0.717, 1.165) is 23.9 Å². The normalized spacial score (nSPS) is 19.1. The number of carbonyl (C=O) groups is 2. The summed E-state index contributed by atoms with van der Waals surface area (Å²) in [5.74, 6) is 0.112. The molecule has 1 unspecified atom stereocenters. The molecule has 1 saturated heterocycles. The van der Waals surface area contributed by atoms with Crippen molar-refractivity contribution >= 4 is 51.7 Å². The lowest BCUT2D eigenvalue weighted by Gasteiger charge is -2.18. The molecule has 2 aromatic rings. The van der Waals surface area contributed by atoms with Crippen LogP contribution in [-0.4, -0.2) is 35.4 Å². The Balaban J connectivity index is 1.40. The van der Waals surface area contributed by atoms with E-state index in [4.69, 9.17) is 21.1 Å². The predicted molar refractivity (Wildman–Crippen MR) is 114 cm³/mol. The maximum Gasteiger partial charge on any atom is 0.417 e. The van der Waals surface area contributed by atoms with Gasteiger partial charge in [-0.3, -0.25) is 9.59 Å². The number of alkyl halides is 3. The standard InChI is InChI=1S/C20H15ClF3N3O4S/c21-13-3-1-10(7-12(13)20(22,23)24)25-17(28)9-16-18(29)27-19(32-16)26-11-2-4-14-15(8-11)31-6-5-30-14/h1-4,7-8,16H,5-6,9H2,(H,25,28)(H,26,27,29). The van der Waals surface area contributed by atoms with Crippen LogP contribution in [0.3, 0.4) is 0 Å². The van der Waals surface area contributed by atoms with Gasteiger partial charge in [0.05, 0.1) is 16.3 Å². The Labute approximate surface area is 189 Å². The molecule has 0 aliphatic carbocycles. The highest BCUT2D eigenvalue weighted by Crippen LogP contribution is 2.37. The second-order valence-electron chi connectivity index (χ2n) is 6.79. The summed E-state index contributed by atoms with van der Waals surface area (Å²) in [5, 5.41) is 4.01. The number of benzene rings is 2. The van der Waals surface area contributed by atoms with Crippen LogP contribution in [0.15, 0.2) is 41.4 Å². The fourth-order valence-electron chi connectivity index (χ4n) is 3.01. The molecule has 4 rings (SSSR count). The minimum Gasteiger partial charge on any atom is -0.486 e. The molecule has 2 N–H and O–H groups in total. The number of fused-ring (bicyclic) bond motifs is 1. The van der Waals surface area contributed by atoms with E-state index in [2.05, 4.69) is 15.6 Å². The van der Waals surface area contributed by atoms with Gasteiger partial charge in [-0.25, -0.2) is 4.99 Å². The zero-order valence-electron chi connectivity index (χ0n) is 16.2. The summed E-state index contributed by atoms with van der Waals surface area (Å²) in [7, 11) is 0. The molecule has 2 aromatic carbocycles. The zero-order chi connectivity index (χ0) is 22.9. The molecule has 168 valence electrons. The Hall–Kier alpha value is -2.92. The first-order valence-electron chi connectivity index (χ1n) is 9.31. The van der Waals surface area contributed by atoms with Crippen molar-refractivity contribution in [2.24, 2.45) is 4.99 Å². The van der Waals surface area contributed by atoms with E-state index in [-0.39, 0.29) is 12.1 Å². The average Bonchev–Trinajstić information content (AvgIpc) is 3.07. The molecule has 2 heterocycles. The first-order valence-corrected chi connectivity index (χ1v) is 10.6. The number of halogens is 4. The number of thioether (sulfide) groups is 1. The van der Waals surface area contributed by atoms with Gasteiger partial charge >= 0.3 is 6.18 Å². The molecule has 0 radical (unpaired) electrons. The quantitative estimate of drug-likeness (QED) is 0.671. The summed E-state index contributed by atoms with van der Waals surface area (Å²) >= 11 is 6.63. The van der Waals surface area contributed by atoms with Gasteiger partial charge in [-0.2, -0.15) is 13.2 Å². The van der Waals surface area contributed by atoms with Gasteiger partial charge in [0.1, 0.15) is 18.5 Å². The largest absolute Gasteiger partial charge is 0.486 e. The van der Waals surface area contributed by atoms with E-state index in [9.17, 15) is 22.8 Å². The van der Waals surface area contributed by atoms with Crippen LogP contribution >= 0.6 is 23.4 Å². The van der Waals surface area contributed by atoms with Crippen LogP contribution in [0.5, 0.6) is 11.5 Å². The monoisotopic (exact) mass is 485 g/mol. The number of nitrogens with zero attached hydrogens (tertiary/aromatic N) is 1. The molecule has 0 bridgehead atoms. The van der Waals surface area contributed by atoms with E-state index in [1.165, 1.54) is 6.07 Å². The molecule has 2 aliphatic heterocycles. The number of anilines is 1. The van der Waals surface area contributed by atoms with Crippen LogP contribution < -0.4 is 20.1 Å². The third-order valence-electron chi connectivity index (χ3n) is 4.46. The number of carbonyl (C=O) groups excluding carboxylic acids is 2. The minimum absolute atomic E-state index is 0.0692. The van der Waals surface area contributed by atoms with Crippen LogP contribution in [0.2, 0.25) is 5.02 Å². The summed E-state index contributed by atoms with van der Waals surface area (Å²) in [4.78, 5) is 28.9. The van der Waals surface area contributed by atoms with Gasteiger partial charge in [0.2, 0.25) is 11.8 Å². The molecule has 12 heteroatoms. The first kappa shape index (κ1) is 22.3. The molecule has 32 heavy (non-hydrogen) atoms. The van der Waals surface area contributed by atoms with Gasteiger partial charge in [0.15, 0.2) is 16.7 Å². The molecule has 1 fully saturated rings. The van der Waals surface area contributed by atoms with Crippen molar-refractivity contribution in [2.75, 3.05) is 18.5 Å². The summed E-state index contributed by atoms with van der Waals surface area (Å²) in [6.07, 6.45) is -4.90. The number of nitrogens with one attached hydrogen (secondary N) is 2. The van der Waals surface area contributed by atoms with E-state index >= 15 is 0 Å². The van der Waals surface area contributed by atoms with Crippen LogP contribution in [0.25, 0.3) is 0 Å². The molecule has 1 atom stereocenters. The van der Waals surface area contributed by atoms with E-state index in [1.807, 2.05) is 0 Å². The fraction of sp³-hybridized carbons (Fsp3) is 0.250. The highest BCUT2D eigenvalue weighted by molar-refractivity contribution is 8.15. The Morgan fingerprint density at radius 2 is 1.94 bits per heavy atom. The third-order valence-corrected chi connectivity index (χ3v) is 5.87. The number of aliphatic imine (C=N–C) groups is 1. The maximum atomic E-state index is 13.0. The van der Waals surface area contributed by atoms with Crippen LogP contribution in [0.4, 0.5) is 24.5 Å². The maximum absolute atomic E-state index is 13.0. The highest BCUT2D eigenvalue weighted by atomic mass is 35.5. The number of ether oxygens (including phenoxy) is 2. The summed E-state index contributed by atoms with van der Waals surface area (Å²) in [6.45, 7) is 0.887. The lowest BCUT2D eigenvalue weighted by molar-refractivity contribution is -0.137. The molecular formula is C20H15ClF3N3O4S. The summed E-state index contributed by atoms with van der Waals surface area (Å²) < 4.78 is 49.9. The molecule has 0 saturated carbocycles. The van der Waals surface area contributed by atoms with Gasteiger partial charge in [-0.1, -0.05) is 23.4 Å². The van der Waals surface area contributed by atoms with Gasteiger partial charge in [-0.15, -0.1) is 0 Å². The molecule has 7 nitrogen and oxygen atoms in total. The Kier molecular flexibility index (Phi) is 6.20. The van der Waals surface area contributed by atoms with Crippen molar-refractivity contribution < 1.29 is 32.2 Å². The zero-order valence-corrected chi connectivity index (χ0v) is 17.7. The second-order valence-corrected chi connectivity index (χ2v) is 8.38. The SMILES string of the molecule is O=C(CC1SC(=Nc2ccc3c(c2)OCCO3)NC1=O)Nc1ccc(Cl)c(C(F)(F)F)c1. The van der Waals surface area contributed by atoms with E-state index < -0.39 is 33.8 Å². The van der Waals surface area contributed by atoms with Gasteiger partial charge in [0.25, 0.3) is 0 Å². The van der Waals surface area contributed by atoms with Gasteiger partial charge in [0, 0.05) is 18.2 Å². The van der Waals surface area contributed by atoms with Crippen molar-refractivity contribution in [3.8, 4) is 11.5 Å².